The molecule has 3 heteroatoms. The van der Waals surface area contributed by atoms with E-state index in [1.807, 2.05) is 20.0 Å². The highest BCUT2D eigenvalue weighted by Gasteiger charge is 2.00. The lowest BCUT2D eigenvalue weighted by atomic mass is 10.1. The number of aromatic carboxylic acids is 1. The third-order valence-electron chi connectivity index (χ3n) is 3.21. The first-order chi connectivity index (χ1) is 10.1. The van der Waals surface area contributed by atoms with Crippen LogP contribution in [-0.4, -0.2) is 18.1 Å². The molecule has 2 rings (SSSR count). The van der Waals surface area contributed by atoms with E-state index in [1.54, 1.807) is 18.2 Å². The van der Waals surface area contributed by atoms with E-state index in [-0.39, 0.29) is 0 Å². The quantitative estimate of drug-likeness (QED) is 0.901. The van der Waals surface area contributed by atoms with Crippen molar-refractivity contribution in [1.82, 2.24) is 5.32 Å². The average Bonchev–Trinajstić information content (AvgIpc) is 2.50. The molecule has 0 spiro atoms. The van der Waals surface area contributed by atoms with Crippen LogP contribution in [0, 0.1) is 6.92 Å². The van der Waals surface area contributed by atoms with Gasteiger partial charge in [0.15, 0.2) is 0 Å². The number of carboxylic acid groups (broad SMARTS) is 1. The highest BCUT2D eigenvalue weighted by Crippen LogP contribution is 2.05. The lowest BCUT2D eigenvalue weighted by molar-refractivity contribution is 0.0697. The largest absolute Gasteiger partial charge is 0.478 e. The van der Waals surface area contributed by atoms with Gasteiger partial charge in [0.25, 0.3) is 0 Å². The molecule has 0 aliphatic rings. The molecule has 21 heavy (non-hydrogen) atoms. The Kier molecular flexibility index (Phi) is 7.19. The lowest BCUT2D eigenvalue weighted by Gasteiger charge is -2.02. The summed E-state index contributed by atoms with van der Waals surface area (Å²) in [4.78, 5) is 10.5. The maximum Gasteiger partial charge on any atom is 0.335 e. The molecule has 0 bridgehead atoms. The maximum atomic E-state index is 10.5. The van der Waals surface area contributed by atoms with E-state index < -0.39 is 5.97 Å². The fraction of sp³-hybridized carbons (Fsp3) is 0.278. The van der Waals surface area contributed by atoms with Gasteiger partial charge in [0.05, 0.1) is 5.56 Å². The summed E-state index contributed by atoms with van der Waals surface area (Å²) < 4.78 is 0. The Morgan fingerprint density at radius 1 is 1.14 bits per heavy atom. The third-order valence-corrected chi connectivity index (χ3v) is 3.21. The van der Waals surface area contributed by atoms with Crippen molar-refractivity contribution >= 4 is 5.97 Å². The van der Waals surface area contributed by atoms with Crippen molar-refractivity contribution in [2.45, 2.75) is 26.8 Å². The first-order valence-corrected chi connectivity index (χ1v) is 7.09. The summed E-state index contributed by atoms with van der Waals surface area (Å²) in [5, 5.41) is 11.7. The Balaban J connectivity index is 0.000000211. The van der Waals surface area contributed by atoms with E-state index in [9.17, 15) is 4.79 Å². The van der Waals surface area contributed by atoms with Gasteiger partial charge in [0, 0.05) is 6.54 Å². The number of hydrogen-bond donors (Lipinski definition) is 2. The zero-order valence-electron chi connectivity index (χ0n) is 12.9. The Hall–Kier alpha value is -2.13. The highest BCUT2D eigenvalue weighted by atomic mass is 16.4. The summed E-state index contributed by atoms with van der Waals surface area (Å²) in [5.41, 5.74) is 4.16. The monoisotopic (exact) mass is 285 g/mol. The summed E-state index contributed by atoms with van der Waals surface area (Å²) in [5.74, 6) is -0.861. The molecule has 0 radical (unpaired) electrons. The Labute approximate surface area is 126 Å². The molecule has 0 aliphatic carbocycles. The number of rotatable bonds is 4. The van der Waals surface area contributed by atoms with Crippen LogP contribution in [0.25, 0.3) is 0 Å². The molecule has 0 saturated carbocycles. The Morgan fingerprint density at radius 2 is 1.86 bits per heavy atom. The summed E-state index contributed by atoms with van der Waals surface area (Å²) in [6.07, 6.45) is 0.876. The maximum absolute atomic E-state index is 10.5. The van der Waals surface area contributed by atoms with Gasteiger partial charge in [-0.15, -0.1) is 0 Å². The molecule has 3 nitrogen and oxygen atoms in total. The molecule has 0 aromatic heterocycles. The van der Waals surface area contributed by atoms with Crippen molar-refractivity contribution in [2.24, 2.45) is 0 Å². The van der Waals surface area contributed by atoms with E-state index in [2.05, 4.69) is 36.5 Å². The highest BCUT2D eigenvalue weighted by molar-refractivity contribution is 5.87. The number of aryl methyl sites for hydroxylation is 2. The van der Waals surface area contributed by atoms with Gasteiger partial charge in [-0.3, -0.25) is 0 Å². The number of carbonyl (C=O) groups is 1. The van der Waals surface area contributed by atoms with Crippen LogP contribution in [0.5, 0.6) is 0 Å². The van der Waals surface area contributed by atoms with Gasteiger partial charge in [-0.2, -0.15) is 0 Å². The first kappa shape index (κ1) is 16.9. The van der Waals surface area contributed by atoms with Crippen LogP contribution in [0.3, 0.4) is 0 Å². The first-order valence-electron chi connectivity index (χ1n) is 7.09. The summed E-state index contributed by atoms with van der Waals surface area (Å²) in [6, 6.07) is 15.4. The van der Waals surface area contributed by atoms with Crippen molar-refractivity contribution in [1.29, 1.82) is 0 Å². The fourth-order valence-electron chi connectivity index (χ4n) is 1.92. The van der Waals surface area contributed by atoms with Crippen LogP contribution in [0.4, 0.5) is 0 Å². The minimum atomic E-state index is -0.861. The summed E-state index contributed by atoms with van der Waals surface area (Å²) in [6.45, 7) is 5.10. The molecule has 0 aliphatic heterocycles. The van der Waals surface area contributed by atoms with Gasteiger partial charge in [-0.1, -0.05) is 43.3 Å². The Morgan fingerprint density at radius 3 is 2.43 bits per heavy atom. The molecule has 112 valence electrons. The molecular formula is C18H23NO2. The van der Waals surface area contributed by atoms with Crippen LogP contribution in [0.15, 0.2) is 48.5 Å². The second kappa shape index (κ2) is 8.93. The summed E-state index contributed by atoms with van der Waals surface area (Å²) in [7, 11) is 1.96. The minimum Gasteiger partial charge on any atom is -0.478 e. The van der Waals surface area contributed by atoms with Crippen molar-refractivity contribution in [3.05, 3.63) is 70.8 Å². The van der Waals surface area contributed by atoms with Crippen LogP contribution in [0.2, 0.25) is 0 Å². The van der Waals surface area contributed by atoms with Crippen LogP contribution in [-0.2, 0) is 13.0 Å². The van der Waals surface area contributed by atoms with E-state index in [4.69, 9.17) is 5.11 Å². The molecule has 0 unspecified atom stereocenters. The van der Waals surface area contributed by atoms with Gasteiger partial charge in [0.1, 0.15) is 0 Å². The van der Waals surface area contributed by atoms with Crippen LogP contribution >= 0.6 is 0 Å². The fourth-order valence-corrected chi connectivity index (χ4v) is 1.92. The number of carboxylic acids is 1. The molecule has 0 heterocycles. The van der Waals surface area contributed by atoms with E-state index in [0.717, 1.165) is 18.5 Å². The van der Waals surface area contributed by atoms with E-state index in [0.29, 0.717) is 5.56 Å². The molecule has 2 aromatic rings. The van der Waals surface area contributed by atoms with E-state index >= 15 is 0 Å². The van der Waals surface area contributed by atoms with Gasteiger partial charge in [0.2, 0.25) is 0 Å². The van der Waals surface area contributed by atoms with Gasteiger partial charge in [-0.05, 0) is 49.2 Å². The summed E-state index contributed by atoms with van der Waals surface area (Å²) >= 11 is 0. The van der Waals surface area contributed by atoms with Gasteiger partial charge >= 0.3 is 5.97 Å². The molecule has 2 N–H and O–H groups in total. The van der Waals surface area contributed by atoms with Crippen molar-refractivity contribution in [3.63, 3.8) is 0 Å². The normalized spacial score (nSPS) is 9.67. The Bertz CT molecular complexity index is 579. The second-order valence-electron chi connectivity index (χ2n) is 4.82. The number of nitrogens with one attached hydrogen (secondary N) is 1. The lowest BCUT2D eigenvalue weighted by Crippen LogP contribution is -2.05. The topological polar surface area (TPSA) is 49.3 Å². The molecule has 0 atom stereocenters. The predicted molar refractivity (Wildman–Crippen MR) is 86.7 cm³/mol. The number of hydrogen-bond acceptors (Lipinski definition) is 2. The predicted octanol–water partition coefficient (Wildman–Crippen LogP) is 3.66. The average molecular weight is 285 g/mol. The minimum absolute atomic E-state index is 0.365. The molecule has 2 aromatic carbocycles. The molecule has 0 fully saturated rings. The standard InChI is InChI=1S/C9H13N.C9H10O2/c1-8-5-3-4-6-9(8)7-10-2;1-2-7-4-3-5-8(6-7)9(10)11/h3-6,10H,7H2,1-2H3;3-6H,2H2,1H3,(H,10,11). The van der Waals surface area contributed by atoms with Gasteiger partial charge < -0.3 is 10.4 Å². The number of benzene rings is 2. The zero-order valence-corrected chi connectivity index (χ0v) is 12.9. The second-order valence-corrected chi connectivity index (χ2v) is 4.82. The molecule has 0 amide bonds. The van der Waals surface area contributed by atoms with Crippen molar-refractivity contribution in [2.75, 3.05) is 7.05 Å². The van der Waals surface area contributed by atoms with Gasteiger partial charge in [-0.25, -0.2) is 4.79 Å². The van der Waals surface area contributed by atoms with Crippen LogP contribution in [0.1, 0.15) is 34.0 Å². The van der Waals surface area contributed by atoms with Crippen LogP contribution < -0.4 is 5.32 Å². The van der Waals surface area contributed by atoms with Crippen molar-refractivity contribution < 1.29 is 9.90 Å². The van der Waals surface area contributed by atoms with Crippen molar-refractivity contribution in [3.8, 4) is 0 Å². The molecule has 0 saturated heterocycles. The zero-order chi connectivity index (χ0) is 15.7. The smallest absolute Gasteiger partial charge is 0.335 e. The molecular weight excluding hydrogens is 262 g/mol. The van der Waals surface area contributed by atoms with E-state index in [1.165, 1.54) is 11.1 Å². The SMILES string of the molecule is CCc1cccc(C(=O)O)c1.CNCc1ccccc1C. The third kappa shape index (κ3) is 5.79.